The molecule has 126 valence electrons. The molecule has 0 rings (SSSR count). The highest BCUT2D eigenvalue weighted by Crippen LogP contribution is 2.12. The highest BCUT2D eigenvalue weighted by atomic mass is 127. The van der Waals surface area contributed by atoms with Gasteiger partial charge in [-0.2, -0.15) is 0 Å². The molecule has 0 aliphatic rings. The van der Waals surface area contributed by atoms with E-state index in [1.165, 1.54) is 49.4 Å². The molecule has 0 bridgehead atoms. The first-order valence-electron chi connectivity index (χ1n) is 8.79. The Labute approximate surface area is 146 Å². The molecule has 0 saturated heterocycles. The zero-order chi connectivity index (χ0) is 15.6. The third kappa shape index (κ3) is 16.6. The van der Waals surface area contributed by atoms with Crippen molar-refractivity contribution in [1.29, 1.82) is 0 Å². The molecule has 0 aliphatic carbocycles. The summed E-state index contributed by atoms with van der Waals surface area (Å²) in [5.74, 6) is 0. The molecule has 0 radical (unpaired) electrons. The number of allylic oxidation sites excluding steroid dienone is 2. The molecule has 0 N–H and O–H groups in total. The second kappa shape index (κ2) is 18.4. The largest absolute Gasteiger partial charge is 0.353 e. The first kappa shape index (κ1) is 21.4. The highest BCUT2D eigenvalue weighted by Gasteiger charge is 2.07. The number of ether oxygens (including phenoxy) is 2. The number of hydrogen-bond donors (Lipinski definition) is 0. The Bertz CT molecular complexity index is 211. The van der Waals surface area contributed by atoms with Gasteiger partial charge in [-0.25, -0.2) is 0 Å². The van der Waals surface area contributed by atoms with E-state index in [-0.39, 0.29) is 6.29 Å². The molecule has 0 aliphatic heterocycles. The molecule has 2 nitrogen and oxygen atoms in total. The van der Waals surface area contributed by atoms with E-state index in [0.29, 0.717) is 0 Å². The zero-order valence-electron chi connectivity index (χ0n) is 14.1. The van der Waals surface area contributed by atoms with E-state index < -0.39 is 0 Å². The number of hydrogen-bond acceptors (Lipinski definition) is 2. The van der Waals surface area contributed by atoms with Crippen molar-refractivity contribution >= 4 is 22.6 Å². The van der Waals surface area contributed by atoms with Crippen LogP contribution < -0.4 is 0 Å². The van der Waals surface area contributed by atoms with Gasteiger partial charge in [-0.15, -0.1) is 0 Å². The maximum atomic E-state index is 5.74. The third-order valence-electron chi connectivity index (χ3n) is 3.27. The highest BCUT2D eigenvalue weighted by molar-refractivity contribution is 14.1. The van der Waals surface area contributed by atoms with Gasteiger partial charge in [0.25, 0.3) is 0 Å². The van der Waals surface area contributed by atoms with Crippen LogP contribution in [0.2, 0.25) is 0 Å². The molecule has 0 unspecified atom stereocenters. The lowest BCUT2D eigenvalue weighted by Gasteiger charge is -2.18. The Balaban J connectivity index is 3.43. The molecule has 0 amide bonds. The average molecular weight is 410 g/mol. The second-order valence-electron chi connectivity index (χ2n) is 5.47. The van der Waals surface area contributed by atoms with Gasteiger partial charge in [-0.3, -0.25) is 0 Å². The van der Waals surface area contributed by atoms with Crippen molar-refractivity contribution < 1.29 is 9.47 Å². The quantitative estimate of drug-likeness (QED) is 0.0981. The summed E-state index contributed by atoms with van der Waals surface area (Å²) in [5, 5.41) is 0. The van der Waals surface area contributed by atoms with Crippen LogP contribution in [-0.4, -0.2) is 23.9 Å². The Morgan fingerprint density at radius 1 is 0.810 bits per heavy atom. The lowest BCUT2D eigenvalue weighted by atomic mass is 10.1. The minimum atomic E-state index is 0.0288. The summed E-state index contributed by atoms with van der Waals surface area (Å²) in [6.07, 6.45) is 16.9. The van der Waals surface area contributed by atoms with E-state index in [4.69, 9.17) is 9.47 Å². The number of unbranched alkanes of at least 4 members (excludes halogenated alkanes) is 5. The molecule has 0 aromatic rings. The molecule has 0 heterocycles. The van der Waals surface area contributed by atoms with Crippen LogP contribution in [0, 0.1) is 0 Å². The lowest BCUT2D eigenvalue weighted by molar-refractivity contribution is -0.146. The van der Waals surface area contributed by atoms with Crippen molar-refractivity contribution in [3.8, 4) is 0 Å². The molecule has 0 saturated carbocycles. The fourth-order valence-corrected chi connectivity index (χ4v) is 2.48. The topological polar surface area (TPSA) is 18.5 Å². The summed E-state index contributed by atoms with van der Waals surface area (Å²) >= 11 is 2.42. The fourth-order valence-electron chi connectivity index (χ4n) is 2.12. The van der Waals surface area contributed by atoms with Gasteiger partial charge in [-0.05, 0) is 44.9 Å². The standard InChI is InChI=1S/C18H35IO2/c1-3-16-20-18(21-17-4-2)14-12-10-8-6-5-7-9-11-13-15-19/h9,11,18H,3-8,10,12-17H2,1-2H3/b11-9+. The van der Waals surface area contributed by atoms with Crippen LogP contribution in [0.25, 0.3) is 0 Å². The van der Waals surface area contributed by atoms with Crippen LogP contribution in [-0.2, 0) is 9.47 Å². The van der Waals surface area contributed by atoms with Gasteiger partial charge in [0.15, 0.2) is 6.29 Å². The Morgan fingerprint density at radius 3 is 2.00 bits per heavy atom. The predicted molar refractivity (Wildman–Crippen MR) is 101 cm³/mol. The van der Waals surface area contributed by atoms with Crippen molar-refractivity contribution in [2.75, 3.05) is 17.6 Å². The van der Waals surface area contributed by atoms with Crippen molar-refractivity contribution in [2.24, 2.45) is 0 Å². The molecule has 0 aromatic heterocycles. The van der Waals surface area contributed by atoms with Crippen LogP contribution in [0.3, 0.4) is 0 Å². The van der Waals surface area contributed by atoms with Crippen LogP contribution in [0.15, 0.2) is 12.2 Å². The smallest absolute Gasteiger partial charge is 0.157 e. The van der Waals surface area contributed by atoms with Crippen LogP contribution in [0.4, 0.5) is 0 Å². The molecular formula is C18H35IO2. The zero-order valence-corrected chi connectivity index (χ0v) is 16.3. The average Bonchev–Trinajstić information content (AvgIpc) is 2.51. The van der Waals surface area contributed by atoms with E-state index in [1.54, 1.807) is 0 Å². The summed E-state index contributed by atoms with van der Waals surface area (Å²) in [5.41, 5.74) is 0. The van der Waals surface area contributed by atoms with Gasteiger partial charge in [-0.1, -0.05) is 67.9 Å². The lowest BCUT2D eigenvalue weighted by Crippen LogP contribution is -2.18. The first-order chi connectivity index (χ1) is 10.3. The van der Waals surface area contributed by atoms with Crippen LogP contribution >= 0.6 is 22.6 Å². The Kier molecular flexibility index (Phi) is 18.8. The second-order valence-corrected chi connectivity index (χ2v) is 6.54. The number of halogens is 1. The molecule has 0 fully saturated rings. The van der Waals surface area contributed by atoms with Crippen molar-refractivity contribution in [1.82, 2.24) is 0 Å². The molecule has 0 atom stereocenters. The first-order valence-corrected chi connectivity index (χ1v) is 10.3. The maximum absolute atomic E-state index is 5.74. The van der Waals surface area contributed by atoms with Crippen molar-refractivity contribution in [3.05, 3.63) is 12.2 Å². The normalized spacial score (nSPS) is 11.8. The molecule has 21 heavy (non-hydrogen) atoms. The van der Waals surface area contributed by atoms with Crippen molar-refractivity contribution in [3.63, 3.8) is 0 Å². The number of alkyl halides is 1. The molecule has 3 heteroatoms. The summed E-state index contributed by atoms with van der Waals surface area (Å²) in [6.45, 7) is 5.92. The van der Waals surface area contributed by atoms with Gasteiger partial charge in [0.2, 0.25) is 0 Å². The van der Waals surface area contributed by atoms with Gasteiger partial charge in [0, 0.05) is 17.6 Å². The molecule has 0 spiro atoms. The van der Waals surface area contributed by atoms with Gasteiger partial charge in [0.1, 0.15) is 0 Å². The summed E-state index contributed by atoms with van der Waals surface area (Å²) in [6, 6.07) is 0. The van der Waals surface area contributed by atoms with Crippen LogP contribution in [0.5, 0.6) is 0 Å². The monoisotopic (exact) mass is 410 g/mol. The fraction of sp³-hybridized carbons (Fsp3) is 0.889. The van der Waals surface area contributed by atoms with E-state index in [9.17, 15) is 0 Å². The number of rotatable bonds is 16. The third-order valence-corrected chi connectivity index (χ3v) is 3.89. The summed E-state index contributed by atoms with van der Waals surface area (Å²) in [7, 11) is 0. The molecule has 0 aromatic carbocycles. The Hall–Kier alpha value is 0.390. The van der Waals surface area contributed by atoms with Gasteiger partial charge in [0.05, 0.1) is 0 Å². The summed E-state index contributed by atoms with van der Waals surface area (Å²) in [4.78, 5) is 0. The summed E-state index contributed by atoms with van der Waals surface area (Å²) < 4.78 is 12.7. The minimum Gasteiger partial charge on any atom is -0.353 e. The van der Waals surface area contributed by atoms with Crippen molar-refractivity contribution in [2.45, 2.75) is 84.3 Å². The van der Waals surface area contributed by atoms with E-state index in [2.05, 4.69) is 48.6 Å². The maximum Gasteiger partial charge on any atom is 0.157 e. The van der Waals surface area contributed by atoms with E-state index in [1.807, 2.05) is 0 Å². The van der Waals surface area contributed by atoms with E-state index in [0.717, 1.165) is 32.5 Å². The molecular weight excluding hydrogens is 375 g/mol. The van der Waals surface area contributed by atoms with Crippen LogP contribution in [0.1, 0.15) is 78.1 Å². The van der Waals surface area contributed by atoms with Gasteiger partial charge >= 0.3 is 0 Å². The predicted octanol–water partition coefficient (Wildman–Crippen LogP) is 6.28. The minimum absolute atomic E-state index is 0.0288. The van der Waals surface area contributed by atoms with Gasteiger partial charge < -0.3 is 9.47 Å². The Morgan fingerprint density at radius 2 is 1.38 bits per heavy atom. The SMILES string of the molecule is CCCOC(CCCCCCC/C=C/CCI)OCCC. The van der Waals surface area contributed by atoms with E-state index >= 15 is 0 Å².